The first-order valence-corrected chi connectivity index (χ1v) is 6.97. The van der Waals surface area contributed by atoms with Crippen LogP contribution >= 0.6 is 0 Å². The smallest absolute Gasteiger partial charge is 0.170 e. The maximum Gasteiger partial charge on any atom is 0.170 e. The van der Waals surface area contributed by atoms with E-state index in [0.717, 1.165) is 28.3 Å². The van der Waals surface area contributed by atoms with Crippen molar-refractivity contribution in [3.8, 4) is 11.5 Å². The fourth-order valence-electron chi connectivity index (χ4n) is 2.95. The van der Waals surface area contributed by atoms with Gasteiger partial charge in [0.2, 0.25) is 0 Å². The molecule has 21 heavy (non-hydrogen) atoms. The summed E-state index contributed by atoms with van der Waals surface area (Å²) >= 11 is 0. The molecule has 106 valence electrons. The number of benzene rings is 2. The van der Waals surface area contributed by atoms with Crippen molar-refractivity contribution in [3.05, 3.63) is 59.7 Å². The summed E-state index contributed by atoms with van der Waals surface area (Å²) in [4.78, 5) is 5.68. The number of hydrogen-bond donors (Lipinski definition) is 0. The van der Waals surface area contributed by atoms with E-state index in [0.29, 0.717) is 6.61 Å². The van der Waals surface area contributed by atoms with Crippen LogP contribution in [0.1, 0.15) is 17.2 Å². The van der Waals surface area contributed by atoms with E-state index >= 15 is 0 Å². The molecule has 0 bridgehead atoms. The second kappa shape index (κ2) is 4.81. The van der Waals surface area contributed by atoms with E-state index < -0.39 is 0 Å². The summed E-state index contributed by atoms with van der Waals surface area (Å²) in [5.41, 5.74) is 3.03. The molecule has 0 amide bonds. The Kier molecular flexibility index (Phi) is 2.81. The van der Waals surface area contributed by atoms with Crippen LogP contribution in [0.15, 0.2) is 53.7 Å². The van der Waals surface area contributed by atoms with Gasteiger partial charge in [0.1, 0.15) is 12.3 Å². The lowest BCUT2D eigenvalue weighted by Gasteiger charge is -2.26. The summed E-state index contributed by atoms with van der Waals surface area (Å²) in [7, 11) is 1.64. The average molecular weight is 281 g/mol. The minimum atomic E-state index is -0.0828. The van der Waals surface area contributed by atoms with E-state index in [4.69, 9.17) is 14.3 Å². The molecule has 0 N–H and O–H groups in total. The maximum atomic E-state index is 5.93. The van der Waals surface area contributed by atoms with Gasteiger partial charge in [0.15, 0.2) is 17.6 Å². The highest BCUT2D eigenvalue weighted by Crippen LogP contribution is 2.43. The van der Waals surface area contributed by atoms with Crippen molar-refractivity contribution in [2.24, 2.45) is 11.1 Å². The molecule has 4 nitrogen and oxygen atoms in total. The SMILES string of the molecule is COc1cccc2c1OCC1C2=NOC1c1ccccc1. The number of nitrogens with zero attached hydrogens (tertiary/aromatic N) is 1. The molecule has 4 heteroatoms. The fourth-order valence-corrected chi connectivity index (χ4v) is 2.95. The van der Waals surface area contributed by atoms with Crippen LogP contribution in [-0.4, -0.2) is 19.4 Å². The number of para-hydroxylation sites is 1. The predicted octanol–water partition coefficient (Wildman–Crippen LogP) is 3.18. The van der Waals surface area contributed by atoms with Gasteiger partial charge in [0.25, 0.3) is 0 Å². The minimum Gasteiger partial charge on any atom is -0.493 e. The molecular formula is C17H15NO3. The van der Waals surface area contributed by atoms with Crippen LogP contribution in [0, 0.1) is 5.92 Å². The zero-order valence-electron chi connectivity index (χ0n) is 11.7. The van der Waals surface area contributed by atoms with Crippen molar-refractivity contribution in [3.63, 3.8) is 0 Å². The largest absolute Gasteiger partial charge is 0.493 e. The zero-order chi connectivity index (χ0) is 14.2. The Hall–Kier alpha value is -2.49. The number of fused-ring (bicyclic) bond motifs is 3. The Labute approximate surface area is 122 Å². The number of methoxy groups -OCH3 is 1. The molecule has 0 saturated carbocycles. The van der Waals surface area contributed by atoms with Gasteiger partial charge < -0.3 is 14.3 Å². The standard InChI is InChI=1S/C17H15NO3/c1-19-14-9-5-8-12-15-13(10-20-17(12)14)16(21-18-15)11-6-3-2-4-7-11/h2-9,13,16H,10H2,1H3. The van der Waals surface area contributed by atoms with Gasteiger partial charge in [-0.1, -0.05) is 41.6 Å². The first-order valence-electron chi connectivity index (χ1n) is 6.97. The Morgan fingerprint density at radius 3 is 2.76 bits per heavy atom. The van der Waals surface area contributed by atoms with Crippen molar-refractivity contribution in [1.29, 1.82) is 0 Å². The number of hydrogen-bond acceptors (Lipinski definition) is 4. The molecule has 0 aliphatic carbocycles. The molecule has 0 radical (unpaired) electrons. The van der Waals surface area contributed by atoms with Gasteiger partial charge in [-0.2, -0.15) is 0 Å². The van der Waals surface area contributed by atoms with Crippen LogP contribution in [-0.2, 0) is 4.84 Å². The van der Waals surface area contributed by atoms with Gasteiger partial charge in [-0.05, 0) is 17.7 Å². The molecule has 0 spiro atoms. The van der Waals surface area contributed by atoms with Crippen LogP contribution in [0.5, 0.6) is 11.5 Å². The lowest BCUT2D eigenvalue weighted by atomic mass is 9.87. The molecule has 2 atom stereocenters. The minimum absolute atomic E-state index is 0.0828. The van der Waals surface area contributed by atoms with E-state index in [1.807, 2.05) is 36.4 Å². The average Bonchev–Trinajstić information content (AvgIpc) is 2.99. The molecule has 0 aromatic heterocycles. The van der Waals surface area contributed by atoms with Gasteiger partial charge in [-0.25, -0.2) is 0 Å². The Morgan fingerprint density at radius 1 is 1.10 bits per heavy atom. The van der Waals surface area contributed by atoms with Gasteiger partial charge in [0.05, 0.1) is 13.0 Å². The van der Waals surface area contributed by atoms with Crippen LogP contribution < -0.4 is 9.47 Å². The highest BCUT2D eigenvalue weighted by molar-refractivity contribution is 6.06. The van der Waals surface area contributed by atoms with Crippen LogP contribution in [0.3, 0.4) is 0 Å². The third kappa shape index (κ3) is 1.87. The zero-order valence-corrected chi connectivity index (χ0v) is 11.7. The van der Waals surface area contributed by atoms with Gasteiger partial charge in [-0.15, -0.1) is 0 Å². The molecular weight excluding hydrogens is 266 g/mol. The highest BCUT2D eigenvalue weighted by atomic mass is 16.6. The van der Waals surface area contributed by atoms with E-state index in [1.54, 1.807) is 7.11 Å². The molecule has 4 rings (SSSR count). The quantitative estimate of drug-likeness (QED) is 0.848. The summed E-state index contributed by atoms with van der Waals surface area (Å²) in [6.07, 6.45) is -0.0828. The molecule has 2 heterocycles. The van der Waals surface area contributed by atoms with Crippen molar-refractivity contribution in [1.82, 2.24) is 0 Å². The number of rotatable bonds is 2. The number of oxime groups is 1. The molecule has 2 unspecified atom stereocenters. The lowest BCUT2D eigenvalue weighted by molar-refractivity contribution is 0.0479. The lowest BCUT2D eigenvalue weighted by Crippen LogP contribution is -2.29. The first-order chi connectivity index (χ1) is 10.4. The molecule has 2 aliphatic rings. The van der Waals surface area contributed by atoms with Gasteiger partial charge in [0, 0.05) is 5.56 Å². The van der Waals surface area contributed by atoms with Crippen molar-refractivity contribution < 1.29 is 14.3 Å². The topological polar surface area (TPSA) is 40.0 Å². The molecule has 2 aliphatic heterocycles. The summed E-state index contributed by atoms with van der Waals surface area (Å²) in [5, 5.41) is 4.31. The van der Waals surface area contributed by atoms with E-state index in [-0.39, 0.29) is 12.0 Å². The van der Waals surface area contributed by atoms with E-state index in [9.17, 15) is 0 Å². The second-order valence-electron chi connectivity index (χ2n) is 5.17. The maximum absolute atomic E-state index is 5.93. The highest BCUT2D eigenvalue weighted by Gasteiger charge is 2.41. The molecule has 0 fully saturated rings. The van der Waals surface area contributed by atoms with E-state index in [1.165, 1.54) is 0 Å². The van der Waals surface area contributed by atoms with E-state index in [2.05, 4.69) is 17.3 Å². The monoisotopic (exact) mass is 281 g/mol. The Balaban J connectivity index is 1.72. The Morgan fingerprint density at radius 2 is 1.95 bits per heavy atom. The molecule has 0 saturated heterocycles. The van der Waals surface area contributed by atoms with Gasteiger partial charge >= 0.3 is 0 Å². The summed E-state index contributed by atoms with van der Waals surface area (Å²) in [6.45, 7) is 0.547. The third-order valence-electron chi connectivity index (χ3n) is 3.99. The molecule has 2 aromatic rings. The fraction of sp³-hybridized carbons (Fsp3) is 0.235. The molecule has 2 aromatic carbocycles. The van der Waals surface area contributed by atoms with Crippen molar-refractivity contribution >= 4 is 5.71 Å². The van der Waals surface area contributed by atoms with Crippen LogP contribution in [0.2, 0.25) is 0 Å². The van der Waals surface area contributed by atoms with Crippen LogP contribution in [0.4, 0.5) is 0 Å². The van der Waals surface area contributed by atoms with Crippen molar-refractivity contribution in [2.75, 3.05) is 13.7 Å². The first kappa shape index (κ1) is 12.3. The van der Waals surface area contributed by atoms with Gasteiger partial charge in [-0.3, -0.25) is 0 Å². The van der Waals surface area contributed by atoms with Crippen molar-refractivity contribution in [2.45, 2.75) is 6.10 Å². The normalized spacial score (nSPS) is 22.4. The predicted molar refractivity (Wildman–Crippen MR) is 78.8 cm³/mol. The second-order valence-corrected chi connectivity index (χ2v) is 5.17. The number of ether oxygens (including phenoxy) is 2. The Bertz CT molecular complexity index is 696. The summed E-state index contributed by atoms with van der Waals surface area (Å²) < 4.78 is 11.3. The summed E-state index contributed by atoms with van der Waals surface area (Å²) in [6, 6.07) is 16.0. The summed E-state index contributed by atoms with van der Waals surface area (Å²) in [5.74, 6) is 1.61. The van der Waals surface area contributed by atoms with Crippen LogP contribution in [0.25, 0.3) is 0 Å². The third-order valence-corrected chi connectivity index (χ3v) is 3.99.